The van der Waals surface area contributed by atoms with Gasteiger partial charge in [-0.05, 0) is 51.4 Å². The van der Waals surface area contributed by atoms with Gasteiger partial charge in [0.25, 0.3) is 0 Å². The SMILES string of the molecule is CC(=O)NCC(=O)N[C@H](Cc1cccs1)C(=O)N[C@@H](Cc1ccc(-c2ccccc2)cc1)C(=O)N[C@H](Cc1ccccc1)C(=O)N[C@@H](Cc1ccc(NC(C)=O)cc1)C(=O)O. The summed E-state index contributed by atoms with van der Waals surface area (Å²) in [6, 6.07) is 31.1. The Labute approximate surface area is 357 Å². The van der Waals surface area contributed by atoms with Crippen molar-refractivity contribution in [2.45, 2.75) is 63.7 Å². The highest BCUT2D eigenvalue weighted by atomic mass is 32.1. The minimum atomic E-state index is -1.38. The predicted molar refractivity (Wildman–Crippen MR) is 232 cm³/mol. The number of hydrogen-bond donors (Lipinski definition) is 7. The van der Waals surface area contributed by atoms with Crippen LogP contribution in [0.5, 0.6) is 0 Å². The zero-order valence-electron chi connectivity index (χ0n) is 33.7. The van der Waals surface area contributed by atoms with E-state index in [1.807, 2.05) is 60.0 Å². The van der Waals surface area contributed by atoms with E-state index in [0.717, 1.165) is 16.0 Å². The number of amides is 6. The Bertz CT molecular complexity index is 2270. The van der Waals surface area contributed by atoms with E-state index >= 15 is 0 Å². The molecule has 61 heavy (non-hydrogen) atoms. The first-order valence-corrected chi connectivity index (χ1v) is 20.5. The topological polar surface area (TPSA) is 212 Å². The molecule has 0 aliphatic rings. The van der Waals surface area contributed by atoms with Gasteiger partial charge in [-0.15, -0.1) is 11.3 Å². The molecule has 1 heterocycles. The molecule has 0 aliphatic heterocycles. The molecule has 5 rings (SSSR count). The van der Waals surface area contributed by atoms with E-state index < -0.39 is 59.7 Å². The largest absolute Gasteiger partial charge is 0.480 e. The van der Waals surface area contributed by atoms with E-state index in [-0.39, 0.29) is 38.1 Å². The minimum absolute atomic E-state index is 0.00981. The van der Waals surface area contributed by atoms with Crippen LogP contribution in [0.4, 0.5) is 5.69 Å². The lowest BCUT2D eigenvalue weighted by molar-refractivity contribution is -0.142. The molecular formula is C46H48N6O8S. The van der Waals surface area contributed by atoms with Crippen molar-refractivity contribution in [2.75, 3.05) is 11.9 Å². The molecule has 7 N–H and O–H groups in total. The lowest BCUT2D eigenvalue weighted by atomic mass is 9.99. The van der Waals surface area contributed by atoms with Crippen LogP contribution in [0.25, 0.3) is 11.1 Å². The summed E-state index contributed by atoms with van der Waals surface area (Å²) in [4.78, 5) is 91.7. The molecule has 4 atom stereocenters. The van der Waals surface area contributed by atoms with Crippen LogP contribution in [-0.4, -0.2) is 77.2 Å². The highest BCUT2D eigenvalue weighted by Crippen LogP contribution is 2.20. The summed E-state index contributed by atoms with van der Waals surface area (Å²) in [6.45, 7) is 2.27. The maximum Gasteiger partial charge on any atom is 0.326 e. The number of carbonyl (C=O) groups is 7. The van der Waals surface area contributed by atoms with Crippen LogP contribution in [0.15, 0.2) is 127 Å². The van der Waals surface area contributed by atoms with E-state index in [0.29, 0.717) is 22.4 Å². The van der Waals surface area contributed by atoms with Gasteiger partial charge in [-0.2, -0.15) is 0 Å². The molecule has 5 aromatic rings. The van der Waals surface area contributed by atoms with E-state index in [1.165, 1.54) is 25.2 Å². The van der Waals surface area contributed by atoms with Gasteiger partial charge in [0.05, 0.1) is 6.54 Å². The van der Waals surface area contributed by atoms with E-state index in [4.69, 9.17) is 0 Å². The van der Waals surface area contributed by atoms with Crippen molar-refractivity contribution in [3.05, 3.63) is 148 Å². The number of thiophene rings is 1. The van der Waals surface area contributed by atoms with Gasteiger partial charge >= 0.3 is 5.97 Å². The highest BCUT2D eigenvalue weighted by molar-refractivity contribution is 7.09. The van der Waals surface area contributed by atoms with E-state index in [2.05, 4.69) is 31.9 Å². The molecule has 0 bridgehead atoms. The zero-order valence-corrected chi connectivity index (χ0v) is 34.5. The maximum absolute atomic E-state index is 14.4. The summed E-state index contributed by atoms with van der Waals surface area (Å²) in [5.41, 5.74) is 4.38. The van der Waals surface area contributed by atoms with Crippen molar-refractivity contribution < 1.29 is 38.7 Å². The lowest BCUT2D eigenvalue weighted by Gasteiger charge is -2.26. The Hall–Kier alpha value is -7.13. The fourth-order valence-electron chi connectivity index (χ4n) is 6.44. The second kappa shape index (κ2) is 22.3. The van der Waals surface area contributed by atoms with Gasteiger partial charge in [0.2, 0.25) is 35.4 Å². The minimum Gasteiger partial charge on any atom is -0.480 e. The first-order valence-electron chi connectivity index (χ1n) is 19.6. The van der Waals surface area contributed by atoms with Crippen LogP contribution in [0.1, 0.15) is 35.4 Å². The van der Waals surface area contributed by atoms with E-state index in [1.54, 1.807) is 66.7 Å². The number of nitrogens with one attached hydrogen (secondary N) is 6. The summed E-state index contributed by atoms with van der Waals surface area (Å²) >= 11 is 1.38. The van der Waals surface area contributed by atoms with Crippen LogP contribution >= 0.6 is 11.3 Å². The van der Waals surface area contributed by atoms with Crippen molar-refractivity contribution in [1.82, 2.24) is 26.6 Å². The Kier molecular flexibility index (Phi) is 16.4. The fraction of sp³-hybridized carbons (Fsp3) is 0.239. The van der Waals surface area contributed by atoms with Gasteiger partial charge in [-0.1, -0.05) is 103 Å². The summed E-state index contributed by atoms with van der Waals surface area (Å²) in [5.74, 6) is -4.77. The fourth-order valence-corrected chi connectivity index (χ4v) is 7.19. The average Bonchev–Trinajstić information content (AvgIpc) is 3.76. The third-order valence-corrected chi connectivity index (χ3v) is 10.4. The second-order valence-electron chi connectivity index (χ2n) is 14.4. The first kappa shape index (κ1) is 45.0. The summed E-state index contributed by atoms with van der Waals surface area (Å²) in [5, 5.41) is 27.9. The predicted octanol–water partition coefficient (Wildman–Crippen LogP) is 3.80. The molecular weight excluding hydrogens is 797 g/mol. The van der Waals surface area contributed by atoms with Crippen LogP contribution < -0.4 is 31.9 Å². The normalized spacial score (nSPS) is 12.7. The monoisotopic (exact) mass is 844 g/mol. The number of benzene rings is 4. The van der Waals surface area contributed by atoms with Crippen molar-refractivity contribution in [3.63, 3.8) is 0 Å². The third-order valence-electron chi connectivity index (χ3n) is 9.51. The van der Waals surface area contributed by atoms with E-state index in [9.17, 15) is 38.7 Å². The molecule has 0 aliphatic carbocycles. The Balaban J connectivity index is 1.41. The van der Waals surface area contributed by atoms with Crippen LogP contribution in [0, 0.1) is 0 Å². The summed E-state index contributed by atoms with van der Waals surface area (Å²) in [6.07, 6.45) is -0.0156. The molecule has 15 heteroatoms. The zero-order chi connectivity index (χ0) is 43.7. The smallest absolute Gasteiger partial charge is 0.326 e. The second-order valence-corrected chi connectivity index (χ2v) is 15.4. The van der Waals surface area contributed by atoms with Crippen molar-refractivity contribution in [2.24, 2.45) is 0 Å². The number of hydrogen-bond acceptors (Lipinski definition) is 8. The molecule has 4 aromatic carbocycles. The van der Waals surface area contributed by atoms with Gasteiger partial charge in [-0.3, -0.25) is 28.8 Å². The molecule has 0 saturated carbocycles. The average molecular weight is 845 g/mol. The van der Waals surface area contributed by atoms with Gasteiger partial charge in [-0.25, -0.2) is 4.79 Å². The first-order chi connectivity index (χ1) is 29.3. The molecule has 14 nitrogen and oxygen atoms in total. The summed E-state index contributed by atoms with van der Waals surface area (Å²) in [7, 11) is 0. The Morgan fingerprint density at radius 2 is 0.984 bits per heavy atom. The lowest BCUT2D eigenvalue weighted by Crippen LogP contribution is -2.59. The number of carboxylic acid groups (broad SMARTS) is 1. The molecule has 0 fully saturated rings. The van der Waals surface area contributed by atoms with Gasteiger partial charge in [0.1, 0.15) is 24.2 Å². The number of anilines is 1. The third kappa shape index (κ3) is 14.6. The van der Waals surface area contributed by atoms with Crippen molar-refractivity contribution >= 4 is 58.4 Å². The molecule has 0 saturated heterocycles. The van der Waals surface area contributed by atoms with Crippen LogP contribution in [0.3, 0.4) is 0 Å². The summed E-state index contributed by atoms with van der Waals surface area (Å²) < 4.78 is 0. The number of carboxylic acids is 1. The van der Waals surface area contributed by atoms with Crippen molar-refractivity contribution in [3.8, 4) is 11.1 Å². The molecule has 1 aromatic heterocycles. The standard InChI is InChI=1S/C46H48N6O8S/c1-29(53)47-28-42(55)49-40(27-37-14-9-23-61-37)45(58)51-39(25-32-15-19-35(20-16-32)34-12-7-4-8-13-34)43(56)50-38(24-31-10-5-3-6-11-31)44(57)52-41(46(59)60)26-33-17-21-36(22-18-33)48-30(2)54/h3-23,38-41H,24-28H2,1-2H3,(H,47,53)(H,48,54)(H,49,55)(H,50,56)(H,51,58)(H,52,57)(H,59,60)/t38-,39+,40-,41+/m1/s1. The van der Waals surface area contributed by atoms with Gasteiger partial charge < -0.3 is 37.0 Å². The van der Waals surface area contributed by atoms with Crippen LogP contribution in [-0.2, 0) is 59.2 Å². The molecule has 6 amide bonds. The van der Waals surface area contributed by atoms with Crippen LogP contribution in [0.2, 0.25) is 0 Å². The molecule has 0 spiro atoms. The Morgan fingerprint density at radius 3 is 1.49 bits per heavy atom. The van der Waals surface area contributed by atoms with Gasteiger partial charge in [0, 0.05) is 50.1 Å². The Morgan fingerprint density at radius 1 is 0.508 bits per heavy atom. The molecule has 0 unspecified atom stereocenters. The molecule has 0 radical (unpaired) electrons. The molecule has 316 valence electrons. The number of aliphatic carboxylic acids is 1. The number of rotatable bonds is 20. The highest BCUT2D eigenvalue weighted by Gasteiger charge is 2.32. The number of carbonyl (C=O) groups excluding carboxylic acids is 6. The van der Waals surface area contributed by atoms with Crippen molar-refractivity contribution in [1.29, 1.82) is 0 Å². The maximum atomic E-state index is 14.4. The quantitative estimate of drug-likeness (QED) is 0.0611. The van der Waals surface area contributed by atoms with Gasteiger partial charge in [0.15, 0.2) is 0 Å².